The number of halogens is 2. The molecule has 4 fully saturated rings. The fourth-order valence-corrected chi connectivity index (χ4v) is 9.71. The molecule has 3 heterocycles. The summed E-state index contributed by atoms with van der Waals surface area (Å²) in [6.07, 6.45) is 10.6. The minimum absolute atomic E-state index is 0.102. The summed E-state index contributed by atoms with van der Waals surface area (Å²) in [4.78, 5) is 30.7. The number of nitrogens with one attached hydrogen (secondary N) is 2. The van der Waals surface area contributed by atoms with Gasteiger partial charge in [-0.2, -0.15) is 5.10 Å². The van der Waals surface area contributed by atoms with E-state index in [-0.39, 0.29) is 22.9 Å². The number of rotatable bonds is 14. The normalized spacial score (nSPS) is 21.8. The van der Waals surface area contributed by atoms with Crippen LogP contribution >= 0.6 is 23.2 Å². The first kappa shape index (κ1) is 38.4. The Kier molecular flexibility index (Phi) is 10.8. The first-order valence-electron chi connectivity index (χ1n) is 19.5. The van der Waals surface area contributed by atoms with E-state index in [0.717, 1.165) is 102 Å². The van der Waals surface area contributed by atoms with Gasteiger partial charge >= 0.3 is 0 Å². The van der Waals surface area contributed by atoms with Crippen LogP contribution in [0, 0.1) is 5.41 Å². The number of ether oxygens (including phenoxy) is 2. The van der Waals surface area contributed by atoms with E-state index in [0.29, 0.717) is 47.7 Å². The molecule has 0 radical (unpaired) electrons. The number of aldehydes is 1. The molecule has 56 heavy (non-hydrogen) atoms. The third-order valence-electron chi connectivity index (χ3n) is 12.7. The molecule has 1 amide bonds. The van der Waals surface area contributed by atoms with Gasteiger partial charge in [0.05, 0.1) is 43.2 Å². The van der Waals surface area contributed by atoms with Gasteiger partial charge in [-0.1, -0.05) is 59.6 Å². The number of aromatic nitrogens is 3. The third-order valence-corrected chi connectivity index (χ3v) is 13.4. The average molecular weight is 796 g/mol. The van der Waals surface area contributed by atoms with Crippen molar-refractivity contribution < 1.29 is 19.1 Å². The van der Waals surface area contributed by atoms with E-state index in [1.807, 2.05) is 59.4 Å². The summed E-state index contributed by atoms with van der Waals surface area (Å²) in [6, 6.07) is 20.3. The number of nitrogens with zero attached hydrogens (tertiary/aromatic N) is 4. The molecular weight excluding hydrogens is 747 g/mol. The Morgan fingerprint density at radius 1 is 0.946 bits per heavy atom. The predicted octanol–water partition coefficient (Wildman–Crippen LogP) is 8.23. The molecule has 10 nitrogen and oxygen atoms in total. The second kappa shape index (κ2) is 15.8. The number of methoxy groups -OCH3 is 2. The quantitative estimate of drug-likeness (QED) is 0.108. The molecule has 0 spiro atoms. The maximum absolute atomic E-state index is 11.8. The van der Waals surface area contributed by atoms with Crippen LogP contribution in [0.4, 0.5) is 0 Å². The van der Waals surface area contributed by atoms with Crippen LogP contribution in [0.2, 0.25) is 10.0 Å². The number of fused-ring (bicyclic) bond motifs is 4. The number of pyridine rings is 1. The Hall–Kier alpha value is -4.48. The SMILES string of the molecule is COc1cc(Cn2ncc3c(-c4cccc(-c5ccc(CNCC6CCC(=O)N6)c(OC)n5)c4Cl)cccc32)c(Cl)cc1CN(C)C12CCC(C=O)(CC1)CC2. The van der Waals surface area contributed by atoms with Crippen molar-refractivity contribution in [2.24, 2.45) is 5.41 Å². The van der Waals surface area contributed by atoms with Crippen molar-refractivity contribution in [1.29, 1.82) is 0 Å². The highest BCUT2D eigenvalue weighted by Crippen LogP contribution is 2.53. The first-order valence-corrected chi connectivity index (χ1v) is 20.2. The van der Waals surface area contributed by atoms with Gasteiger partial charge in [-0.15, -0.1) is 0 Å². The zero-order chi connectivity index (χ0) is 39.0. The van der Waals surface area contributed by atoms with E-state index < -0.39 is 0 Å². The Morgan fingerprint density at radius 3 is 2.41 bits per heavy atom. The Morgan fingerprint density at radius 2 is 1.70 bits per heavy atom. The van der Waals surface area contributed by atoms with Crippen molar-refractivity contribution in [3.63, 3.8) is 0 Å². The first-order chi connectivity index (χ1) is 27.1. The lowest BCUT2D eigenvalue weighted by molar-refractivity contribution is -0.126. The largest absolute Gasteiger partial charge is 0.496 e. The van der Waals surface area contributed by atoms with Crippen molar-refractivity contribution in [2.45, 2.75) is 82.6 Å². The van der Waals surface area contributed by atoms with E-state index >= 15 is 0 Å². The maximum Gasteiger partial charge on any atom is 0.220 e. The summed E-state index contributed by atoms with van der Waals surface area (Å²) in [5.74, 6) is 1.43. The van der Waals surface area contributed by atoms with Crippen LogP contribution in [0.3, 0.4) is 0 Å². The lowest BCUT2D eigenvalue weighted by Gasteiger charge is -2.55. The maximum atomic E-state index is 11.8. The van der Waals surface area contributed by atoms with Crippen molar-refractivity contribution >= 4 is 46.3 Å². The van der Waals surface area contributed by atoms with Crippen molar-refractivity contribution in [2.75, 3.05) is 27.8 Å². The van der Waals surface area contributed by atoms with Crippen LogP contribution in [0.25, 0.3) is 33.3 Å². The van der Waals surface area contributed by atoms with Gasteiger partial charge in [0.2, 0.25) is 11.8 Å². The minimum Gasteiger partial charge on any atom is -0.496 e. The third kappa shape index (κ3) is 7.28. The van der Waals surface area contributed by atoms with Gasteiger partial charge in [-0.3, -0.25) is 14.4 Å². The van der Waals surface area contributed by atoms with Gasteiger partial charge in [0, 0.05) is 75.7 Å². The predicted molar refractivity (Wildman–Crippen MR) is 220 cm³/mol. The summed E-state index contributed by atoms with van der Waals surface area (Å²) in [5.41, 5.74) is 7.19. The number of benzene rings is 3. The number of hydrogen-bond acceptors (Lipinski definition) is 8. The zero-order valence-corrected chi connectivity index (χ0v) is 33.7. The standard InChI is InChI=1S/C44H48Cl2N6O4/c1-51(44-17-14-43(27-53,15-18-44)16-19-44)25-30-20-36(45)29(21-39(30)55-2)26-52-38-9-5-6-32(35(38)24-48-52)33-7-4-8-34(41(33)46)37-12-10-28(42(50-37)56-3)22-47-23-31-11-13-40(54)49-31/h4-10,12,20-21,24,27,31,47H,11,13-19,22-23,25-26H2,1-3H3,(H,49,54). The number of hydrogen-bond donors (Lipinski definition) is 2. The van der Waals surface area contributed by atoms with E-state index in [2.05, 4.69) is 34.7 Å². The van der Waals surface area contributed by atoms with Crippen LogP contribution < -0.4 is 20.1 Å². The molecule has 3 aliphatic carbocycles. The molecule has 5 aromatic rings. The summed E-state index contributed by atoms with van der Waals surface area (Å²) in [5, 5.41) is 13.5. The smallest absolute Gasteiger partial charge is 0.220 e. The van der Waals surface area contributed by atoms with Crippen LogP contribution in [0.15, 0.2) is 66.9 Å². The molecule has 1 atom stereocenters. The fraction of sp³-hybridized carbons (Fsp3) is 0.409. The number of carbonyl (C=O) groups is 2. The Labute approximate surface area is 337 Å². The molecule has 1 aliphatic heterocycles. The Bertz CT molecular complexity index is 2270. The lowest BCUT2D eigenvalue weighted by atomic mass is 9.57. The summed E-state index contributed by atoms with van der Waals surface area (Å²) in [7, 11) is 5.52. The summed E-state index contributed by atoms with van der Waals surface area (Å²) >= 11 is 14.2. The van der Waals surface area contributed by atoms with Crippen LogP contribution in [-0.4, -0.2) is 71.3 Å². The number of carbonyl (C=O) groups excluding carboxylic acids is 2. The molecule has 2 N–H and O–H groups in total. The lowest BCUT2D eigenvalue weighted by Crippen LogP contribution is -2.55. The van der Waals surface area contributed by atoms with E-state index in [4.69, 9.17) is 42.8 Å². The van der Waals surface area contributed by atoms with Gasteiger partial charge < -0.3 is 24.9 Å². The van der Waals surface area contributed by atoms with Crippen LogP contribution in [0.5, 0.6) is 11.6 Å². The van der Waals surface area contributed by atoms with Gasteiger partial charge in [0.25, 0.3) is 0 Å². The highest BCUT2D eigenvalue weighted by molar-refractivity contribution is 6.36. The molecule has 292 valence electrons. The minimum atomic E-state index is -0.102. The van der Waals surface area contributed by atoms with E-state index in [1.165, 1.54) is 6.29 Å². The molecule has 2 bridgehead atoms. The second-order valence-electron chi connectivity index (χ2n) is 15.8. The van der Waals surface area contributed by atoms with Gasteiger partial charge in [-0.25, -0.2) is 4.98 Å². The summed E-state index contributed by atoms with van der Waals surface area (Å²) < 4.78 is 13.6. The fourth-order valence-electron chi connectivity index (χ4n) is 9.14. The van der Waals surface area contributed by atoms with Crippen LogP contribution in [-0.2, 0) is 29.2 Å². The molecule has 3 saturated carbocycles. The monoisotopic (exact) mass is 794 g/mol. The molecule has 2 aromatic heterocycles. The van der Waals surface area contributed by atoms with Crippen molar-refractivity contribution in [3.05, 3.63) is 93.6 Å². The van der Waals surface area contributed by atoms with Gasteiger partial charge in [-0.05, 0) is 87.4 Å². The zero-order valence-electron chi connectivity index (χ0n) is 32.2. The Balaban J connectivity index is 1.01. The topological polar surface area (TPSA) is 111 Å². The molecule has 1 unspecified atom stereocenters. The summed E-state index contributed by atoms with van der Waals surface area (Å²) in [6.45, 7) is 2.43. The molecule has 9 rings (SSSR count). The molecule has 1 saturated heterocycles. The highest BCUT2D eigenvalue weighted by atomic mass is 35.5. The average Bonchev–Trinajstić information content (AvgIpc) is 3.85. The van der Waals surface area contributed by atoms with Crippen molar-refractivity contribution in [1.82, 2.24) is 30.3 Å². The molecular formula is C44H48Cl2N6O4. The molecule has 4 aliphatic rings. The number of amides is 1. The van der Waals surface area contributed by atoms with Gasteiger partial charge in [0.1, 0.15) is 12.0 Å². The van der Waals surface area contributed by atoms with E-state index in [9.17, 15) is 9.59 Å². The highest BCUT2D eigenvalue weighted by Gasteiger charge is 2.50. The van der Waals surface area contributed by atoms with E-state index in [1.54, 1.807) is 14.2 Å². The van der Waals surface area contributed by atoms with Gasteiger partial charge in [0.15, 0.2) is 0 Å². The second-order valence-corrected chi connectivity index (χ2v) is 16.6. The molecule has 3 aromatic carbocycles. The molecule has 12 heteroatoms. The van der Waals surface area contributed by atoms with Crippen molar-refractivity contribution in [3.8, 4) is 34.0 Å². The van der Waals surface area contributed by atoms with Crippen LogP contribution in [0.1, 0.15) is 68.1 Å².